The lowest BCUT2D eigenvalue weighted by Crippen LogP contribution is -2.63. The zero-order valence-corrected chi connectivity index (χ0v) is 18.8. The Morgan fingerprint density at radius 3 is 2.80 bits per heavy atom. The number of rotatable bonds is 3. The van der Waals surface area contributed by atoms with Gasteiger partial charge < -0.3 is 24.4 Å². The third-order valence-electron chi connectivity index (χ3n) is 8.34. The minimum atomic E-state index is -1.04. The fraction of sp³-hybridized carbons (Fsp3) is 0.875. The van der Waals surface area contributed by atoms with Gasteiger partial charge >= 0.3 is 5.97 Å². The number of carbonyl (C=O) groups excluding carboxylic acids is 1. The maximum atomic E-state index is 12.6. The van der Waals surface area contributed by atoms with Gasteiger partial charge in [-0.15, -0.1) is 0 Å². The summed E-state index contributed by atoms with van der Waals surface area (Å²) in [6.45, 7) is 12.7. The molecule has 6 nitrogen and oxygen atoms in total. The van der Waals surface area contributed by atoms with Gasteiger partial charge in [-0.3, -0.25) is 4.79 Å². The molecular formula is C24H38O6. The molecule has 0 spiro atoms. The van der Waals surface area contributed by atoms with E-state index in [1.165, 1.54) is 0 Å². The average Bonchev–Trinajstić information content (AvgIpc) is 3.07. The topological polar surface area (TPSA) is 85.2 Å². The zero-order valence-electron chi connectivity index (χ0n) is 18.8. The average molecular weight is 423 g/mol. The Labute approximate surface area is 180 Å². The van der Waals surface area contributed by atoms with Crippen molar-refractivity contribution in [1.29, 1.82) is 0 Å². The minimum absolute atomic E-state index is 0.0719. The Morgan fingerprint density at radius 2 is 2.10 bits per heavy atom. The molecule has 3 heterocycles. The Bertz CT molecular complexity index is 689. The van der Waals surface area contributed by atoms with Gasteiger partial charge in [-0.1, -0.05) is 20.4 Å². The first-order chi connectivity index (χ1) is 14.1. The Kier molecular flexibility index (Phi) is 5.84. The normalized spacial score (nSPS) is 50.8. The minimum Gasteiger partial charge on any atom is -0.457 e. The number of esters is 1. The quantitative estimate of drug-likeness (QED) is 0.537. The molecular weight excluding hydrogens is 384 g/mol. The number of aliphatic hydroxyl groups is 2. The van der Waals surface area contributed by atoms with Crippen LogP contribution >= 0.6 is 0 Å². The number of aliphatic hydroxyl groups excluding tert-OH is 1. The zero-order chi connectivity index (χ0) is 21.8. The van der Waals surface area contributed by atoms with Crippen molar-refractivity contribution >= 4 is 5.97 Å². The number of hydrogen-bond donors (Lipinski definition) is 2. The molecule has 3 aliphatic heterocycles. The molecule has 0 amide bonds. The largest absolute Gasteiger partial charge is 0.457 e. The van der Waals surface area contributed by atoms with E-state index in [-0.39, 0.29) is 36.1 Å². The number of hydrogen-bond acceptors (Lipinski definition) is 6. The van der Waals surface area contributed by atoms with E-state index in [1.54, 1.807) is 0 Å². The highest BCUT2D eigenvalue weighted by atomic mass is 16.6. The van der Waals surface area contributed by atoms with Crippen LogP contribution < -0.4 is 0 Å². The molecule has 3 saturated heterocycles. The third-order valence-corrected chi connectivity index (χ3v) is 8.34. The monoisotopic (exact) mass is 422 g/mol. The van der Waals surface area contributed by atoms with E-state index in [1.807, 2.05) is 20.8 Å². The van der Waals surface area contributed by atoms with E-state index in [4.69, 9.17) is 14.2 Å². The van der Waals surface area contributed by atoms with Crippen molar-refractivity contribution in [3.05, 3.63) is 12.2 Å². The van der Waals surface area contributed by atoms with Gasteiger partial charge in [0.05, 0.1) is 23.9 Å². The molecule has 30 heavy (non-hydrogen) atoms. The van der Waals surface area contributed by atoms with Crippen molar-refractivity contribution in [3.63, 3.8) is 0 Å². The summed E-state index contributed by atoms with van der Waals surface area (Å²) in [4.78, 5) is 12.6. The predicted molar refractivity (Wildman–Crippen MR) is 112 cm³/mol. The molecule has 1 saturated carbocycles. The lowest BCUT2D eigenvalue weighted by atomic mass is 9.55. The van der Waals surface area contributed by atoms with Crippen molar-refractivity contribution < 1.29 is 29.2 Å². The highest BCUT2D eigenvalue weighted by Gasteiger charge is 2.66. The van der Waals surface area contributed by atoms with Crippen molar-refractivity contribution in [2.75, 3.05) is 6.61 Å². The summed E-state index contributed by atoms with van der Waals surface area (Å²) >= 11 is 0. The summed E-state index contributed by atoms with van der Waals surface area (Å²) in [7, 11) is 0. The maximum absolute atomic E-state index is 12.6. The second kappa shape index (κ2) is 7.88. The second-order valence-corrected chi connectivity index (χ2v) is 10.6. The number of carbonyl (C=O) groups is 1. The van der Waals surface area contributed by atoms with Crippen LogP contribution in [0.2, 0.25) is 0 Å². The Balaban J connectivity index is 1.77. The first kappa shape index (κ1) is 22.3. The Morgan fingerprint density at radius 1 is 1.37 bits per heavy atom. The van der Waals surface area contributed by atoms with Gasteiger partial charge in [-0.05, 0) is 63.4 Å². The van der Waals surface area contributed by atoms with E-state index in [0.29, 0.717) is 44.1 Å². The Hall–Kier alpha value is -0.950. The van der Waals surface area contributed by atoms with E-state index < -0.39 is 17.3 Å². The van der Waals surface area contributed by atoms with Crippen LogP contribution in [0, 0.1) is 23.7 Å². The van der Waals surface area contributed by atoms with Crippen LogP contribution in [0.15, 0.2) is 12.2 Å². The van der Waals surface area contributed by atoms with E-state index in [2.05, 4.69) is 13.5 Å². The first-order valence-electron chi connectivity index (χ1n) is 11.7. The molecule has 1 aliphatic carbocycles. The summed E-state index contributed by atoms with van der Waals surface area (Å²) in [5.41, 5.74) is -1.17. The molecule has 2 unspecified atom stereocenters. The second-order valence-electron chi connectivity index (χ2n) is 10.6. The molecule has 10 atom stereocenters. The van der Waals surface area contributed by atoms with Gasteiger partial charge in [-0.2, -0.15) is 0 Å². The first-order valence-corrected chi connectivity index (χ1v) is 11.7. The molecule has 0 radical (unpaired) electrons. The summed E-state index contributed by atoms with van der Waals surface area (Å²) in [5.74, 6) is 0.382. The van der Waals surface area contributed by atoms with Crippen LogP contribution in [0.25, 0.3) is 0 Å². The number of ether oxygens (including phenoxy) is 3. The van der Waals surface area contributed by atoms with Gasteiger partial charge in [0.25, 0.3) is 0 Å². The lowest BCUT2D eigenvalue weighted by Gasteiger charge is -2.55. The molecule has 4 aliphatic rings. The van der Waals surface area contributed by atoms with Crippen LogP contribution in [-0.4, -0.2) is 58.4 Å². The predicted octanol–water partition coefficient (Wildman–Crippen LogP) is 3.00. The molecule has 4 rings (SSSR count). The van der Waals surface area contributed by atoms with Crippen LogP contribution in [0.1, 0.15) is 66.2 Å². The summed E-state index contributed by atoms with van der Waals surface area (Å²) in [6, 6.07) is 0. The van der Waals surface area contributed by atoms with Gasteiger partial charge in [0.1, 0.15) is 11.7 Å². The highest BCUT2D eigenvalue weighted by Crippen LogP contribution is 2.59. The third kappa shape index (κ3) is 3.54. The number of fused-ring (bicyclic) bond motifs is 8. The van der Waals surface area contributed by atoms with Crippen molar-refractivity contribution in [1.82, 2.24) is 0 Å². The molecule has 170 valence electrons. The molecule has 0 aromatic carbocycles. The molecule has 6 heteroatoms. The van der Waals surface area contributed by atoms with Gasteiger partial charge in [0.2, 0.25) is 0 Å². The lowest BCUT2D eigenvalue weighted by molar-refractivity contribution is -0.224. The van der Waals surface area contributed by atoms with Crippen LogP contribution in [-0.2, 0) is 19.0 Å². The van der Waals surface area contributed by atoms with Crippen molar-refractivity contribution in [2.45, 2.75) is 102 Å². The summed E-state index contributed by atoms with van der Waals surface area (Å²) in [6.07, 6.45) is 1.89. The standard InChI is InChI=1S/C24H38O6/c1-6-7-19(26)30-23(4)9-8-16(25)13(2)10-17-21-20(22(23)29-17)15-11-18(24(21,5)27)28-12-14(15)3/h14-18,20-22,25,27H,2,6-12H2,1,3-5H3/t14-,15+,16-,17+,18+,20+,21?,22+,23+,24?/m0/s1. The van der Waals surface area contributed by atoms with Crippen molar-refractivity contribution in [2.24, 2.45) is 23.7 Å². The van der Waals surface area contributed by atoms with E-state index in [0.717, 1.165) is 18.4 Å². The highest BCUT2D eigenvalue weighted by molar-refractivity contribution is 5.69. The van der Waals surface area contributed by atoms with Crippen LogP contribution in [0.5, 0.6) is 0 Å². The van der Waals surface area contributed by atoms with Crippen LogP contribution in [0.3, 0.4) is 0 Å². The van der Waals surface area contributed by atoms with E-state index >= 15 is 0 Å². The SMILES string of the molecule is C=C1C[C@H]2O[C@H]([C@H]3C2C(C)(O)[C@H]2C[C@@H]3[C@@H](C)CO2)[C@](C)(OC(=O)CCC)CC[C@@H]1O. The smallest absolute Gasteiger partial charge is 0.306 e. The maximum Gasteiger partial charge on any atom is 0.306 e. The molecule has 0 aromatic heterocycles. The van der Waals surface area contributed by atoms with Crippen molar-refractivity contribution in [3.8, 4) is 0 Å². The molecule has 0 aromatic rings. The fourth-order valence-electron chi connectivity index (χ4n) is 6.67. The fourth-order valence-corrected chi connectivity index (χ4v) is 6.67. The summed E-state index contributed by atoms with van der Waals surface area (Å²) in [5, 5.41) is 22.3. The van der Waals surface area contributed by atoms with Gasteiger partial charge in [-0.25, -0.2) is 0 Å². The van der Waals surface area contributed by atoms with E-state index in [9.17, 15) is 15.0 Å². The van der Waals surface area contributed by atoms with Crippen LogP contribution in [0.4, 0.5) is 0 Å². The van der Waals surface area contributed by atoms with Gasteiger partial charge in [0, 0.05) is 24.9 Å². The molecule has 4 fully saturated rings. The molecule has 4 bridgehead atoms. The summed E-state index contributed by atoms with van der Waals surface area (Å²) < 4.78 is 18.8. The molecule has 2 N–H and O–H groups in total. The van der Waals surface area contributed by atoms with Gasteiger partial charge in [0.15, 0.2) is 0 Å².